The summed E-state index contributed by atoms with van der Waals surface area (Å²) in [5, 5.41) is 6.13. The van der Waals surface area contributed by atoms with Gasteiger partial charge in [-0.05, 0) is 43.3 Å². The maximum atomic E-state index is 13.2. The molecule has 28 heavy (non-hydrogen) atoms. The van der Waals surface area contributed by atoms with Crippen LogP contribution in [-0.2, 0) is 12.8 Å². The van der Waals surface area contributed by atoms with Crippen LogP contribution in [0.5, 0.6) is 5.75 Å². The van der Waals surface area contributed by atoms with Crippen molar-refractivity contribution in [3.63, 3.8) is 0 Å². The highest BCUT2D eigenvalue weighted by Crippen LogP contribution is 2.30. The second-order valence-electron chi connectivity index (χ2n) is 5.84. The van der Waals surface area contributed by atoms with Gasteiger partial charge in [0.15, 0.2) is 5.69 Å². The molecule has 1 aromatic heterocycles. The molecule has 9 heteroatoms. The largest absolute Gasteiger partial charge is 0.489 e. The Balaban J connectivity index is 1.72. The van der Waals surface area contributed by atoms with Gasteiger partial charge in [0.25, 0.3) is 5.91 Å². The van der Waals surface area contributed by atoms with Crippen molar-refractivity contribution < 1.29 is 31.6 Å². The number of benzene rings is 2. The van der Waals surface area contributed by atoms with E-state index in [1.807, 2.05) is 0 Å². The molecule has 146 valence electrons. The second-order valence-corrected chi connectivity index (χ2v) is 5.84. The Morgan fingerprint density at radius 1 is 1.18 bits per heavy atom. The fourth-order valence-electron chi connectivity index (χ4n) is 2.38. The van der Waals surface area contributed by atoms with Gasteiger partial charge in [-0.2, -0.15) is 13.2 Å². The third-order valence-electron chi connectivity index (χ3n) is 3.85. The molecule has 0 atom stereocenters. The summed E-state index contributed by atoms with van der Waals surface area (Å²) in [6.07, 6.45) is -4.47. The second kappa shape index (κ2) is 7.71. The van der Waals surface area contributed by atoms with E-state index in [1.54, 1.807) is 13.0 Å². The molecule has 0 aliphatic heterocycles. The number of rotatable bonds is 5. The number of aromatic nitrogens is 1. The molecule has 0 fully saturated rings. The lowest BCUT2D eigenvalue weighted by molar-refractivity contribution is -0.137. The molecule has 0 spiro atoms. The smallest absolute Gasteiger partial charge is 0.416 e. The molecule has 0 saturated carbocycles. The summed E-state index contributed by atoms with van der Waals surface area (Å²) in [6.45, 7) is 1.47. The van der Waals surface area contributed by atoms with Crippen LogP contribution in [0.1, 0.15) is 27.4 Å². The minimum Gasteiger partial charge on any atom is -0.489 e. The third-order valence-corrected chi connectivity index (χ3v) is 3.85. The number of hydrogen-bond donors (Lipinski definition) is 1. The number of aryl methyl sites for hydroxylation is 1. The average Bonchev–Trinajstić information content (AvgIpc) is 3.00. The van der Waals surface area contributed by atoms with E-state index < -0.39 is 23.5 Å². The summed E-state index contributed by atoms with van der Waals surface area (Å²) >= 11 is 0. The van der Waals surface area contributed by atoms with E-state index in [0.29, 0.717) is 11.3 Å². The zero-order valence-electron chi connectivity index (χ0n) is 14.5. The average molecular weight is 394 g/mol. The molecule has 0 saturated heterocycles. The van der Waals surface area contributed by atoms with Gasteiger partial charge in [-0.3, -0.25) is 4.79 Å². The zero-order chi connectivity index (χ0) is 20.3. The highest BCUT2D eigenvalue weighted by Gasteiger charge is 2.30. The lowest BCUT2D eigenvalue weighted by Crippen LogP contribution is -2.15. The molecular weight excluding hydrogens is 380 g/mol. The van der Waals surface area contributed by atoms with Crippen molar-refractivity contribution in [2.24, 2.45) is 0 Å². The summed E-state index contributed by atoms with van der Waals surface area (Å²) < 4.78 is 61.5. The summed E-state index contributed by atoms with van der Waals surface area (Å²) in [6, 6.07) is 9.46. The number of amides is 1. The van der Waals surface area contributed by atoms with Crippen molar-refractivity contribution in [3.8, 4) is 5.75 Å². The highest BCUT2D eigenvalue weighted by molar-refractivity contribution is 6.03. The van der Waals surface area contributed by atoms with Gasteiger partial charge in [-0.1, -0.05) is 11.2 Å². The van der Waals surface area contributed by atoms with Crippen LogP contribution in [0.4, 0.5) is 23.2 Å². The molecule has 1 amide bonds. The molecule has 0 radical (unpaired) electrons. The molecule has 0 bridgehead atoms. The van der Waals surface area contributed by atoms with Crippen molar-refractivity contribution in [1.82, 2.24) is 5.16 Å². The third kappa shape index (κ3) is 4.48. The number of nitrogens with one attached hydrogen (secondary N) is 1. The number of hydrogen-bond acceptors (Lipinski definition) is 4. The summed E-state index contributed by atoms with van der Waals surface area (Å²) in [4.78, 5) is 12.4. The van der Waals surface area contributed by atoms with E-state index >= 15 is 0 Å². The minimum atomic E-state index is -4.47. The van der Waals surface area contributed by atoms with Crippen molar-refractivity contribution >= 4 is 11.6 Å². The molecule has 1 heterocycles. The Bertz CT molecular complexity index is 982. The van der Waals surface area contributed by atoms with Gasteiger partial charge in [0.2, 0.25) is 0 Å². The maximum Gasteiger partial charge on any atom is 0.416 e. The van der Waals surface area contributed by atoms with Crippen molar-refractivity contribution in [2.45, 2.75) is 19.7 Å². The van der Waals surface area contributed by atoms with Crippen LogP contribution in [0.25, 0.3) is 0 Å². The number of anilines is 1. The first-order chi connectivity index (χ1) is 13.2. The van der Waals surface area contributed by atoms with Crippen LogP contribution in [0.15, 0.2) is 53.1 Å². The van der Waals surface area contributed by atoms with Gasteiger partial charge in [-0.15, -0.1) is 0 Å². The number of ether oxygens (including phenoxy) is 1. The lowest BCUT2D eigenvalue weighted by Gasteiger charge is -2.09. The maximum absolute atomic E-state index is 13.2. The number of carbonyl (C=O) groups is 1. The van der Waals surface area contributed by atoms with Gasteiger partial charge >= 0.3 is 6.18 Å². The summed E-state index contributed by atoms with van der Waals surface area (Å²) in [5.74, 6) is -0.557. The van der Waals surface area contributed by atoms with Crippen molar-refractivity contribution in [2.75, 3.05) is 5.32 Å². The highest BCUT2D eigenvalue weighted by atomic mass is 19.4. The predicted molar refractivity (Wildman–Crippen MR) is 91.4 cm³/mol. The van der Waals surface area contributed by atoms with Crippen LogP contribution < -0.4 is 10.1 Å². The molecule has 0 aliphatic rings. The first-order valence-electron chi connectivity index (χ1n) is 8.06. The van der Waals surface area contributed by atoms with Gasteiger partial charge in [-0.25, -0.2) is 4.39 Å². The van der Waals surface area contributed by atoms with Crippen LogP contribution in [-0.4, -0.2) is 11.1 Å². The number of halogens is 4. The lowest BCUT2D eigenvalue weighted by atomic mass is 10.1. The normalized spacial score (nSPS) is 11.3. The van der Waals surface area contributed by atoms with Gasteiger partial charge < -0.3 is 14.6 Å². The number of alkyl halides is 3. The Morgan fingerprint density at radius 2 is 1.89 bits per heavy atom. The van der Waals surface area contributed by atoms with Crippen LogP contribution >= 0.6 is 0 Å². The fourth-order valence-corrected chi connectivity index (χ4v) is 2.38. The molecule has 5 nitrogen and oxygen atoms in total. The van der Waals surface area contributed by atoms with Crippen molar-refractivity contribution in [1.29, 1.82) is 0 Å². The van der Waals surface area contributed by atoms with Gasteiger partial charge in [0.1, 0.15) is 23.9 Å². The predicted octanol–water partition coefficient (Wildman–Crippen LogP) is 4.97. The summed E-state index contributed by atoms with van der Waals surface area (Å²) in [5.41, 5.74) is -0.398. The van der Waals surface area contributed by atoms with Crippen LogP contribution in [0, 0.1) is 12.7 Å². The van der Waals surface area contributed by atoms with Crippen LogP contribution in [0.2, 0.25) is 0 Å². The summed E-state index contributed by atoms with van der Waals surface area (Å²) in [7, 11) is 0. The van der Waals surface area contributed by atoms with E-state index in [1.165, 1.54) is 18.2 Å². The van der Waals surface area contributed by atoms with Gasteiger partial charge in [0, 0.05) is 11.8 Å². The first-order valence-corrected chi connectivity index (χ1v) is 8.06. The van der Waals surface area contributed by atoms with Gasteiger partial charge in [0.05, 0.1) is 11.1 Å². The van der Waals surface area contributed by atoms with E-state index in [2.05, 4.69) is 10.5 Å². The molecule has 3 aromatic rings. The van der Waals surface area contributed by atoms with E-state index in [4.69, 9.17) is 9.26 Å². The molecule has 0 unspecified atom stereocenters. The minimum absolute atomic E-state index is 0.0752. The van der Waals surface area contributed by atoms with Crippen molar-refractivity contribution in [3.05, 3.63) is 76.9 Å². The number of nitrogens with zero attached hydrogens (tertiary/aromatic N) is 1. The monoisotopic (exact) mass is 394 g/mol. The topological polar surface area (TPSA) is 64.4 Å². The first kappa shape index (κ1) is 19.4. The van der Waals surface area contributed by atoms with Crippen LogP contribution in [0.3, 0.4) is 0 Å². The fraction of sp³-hybridized carbons (Fsp3) is 0.158. The number of carbonyl (C=O) groups excluding carboxylic acids is 1. The van der Waals surface area contributed by atoms with E-state index in [9.17, 15) is 22.4 Å². The molecule has 1 N–H and O–H groups in total. The zero-order valence-corrected chi connectivity index (χ0v) is 14.5. The Morgan fingerprint density at radius 3 is 2.54 bits per heavy atom. The molecule has 0 aliphatic carbocycles. The Labute approximate surface area is 156 Å². The Kier molecular flexibility index (Phi) is 5.34. The SMILES string of the molecule is Cc1onc(C(=O)Nc2ccc(C(F)(F)F)cc2)c1COc1cccc(F)c1. The standard InChI is InChI=1S/C19H14F4N2O3/c1-11-16(10-27-15-4-2-3-13(20)9-15)17(25-28-11)18(26)24-14-7-5-12(6-8-14)19(21,22)23/h2-9H,10H2,1H3,(H,24,26). The molecule has 2 aromatic carbocycles. The van der Waals surface area contributed by atoms with E-state index in [0.717, 1.165) is 24.3 Å². The van der Waals surface area contributed by atoms with E-state index in [-0.39, 0.29) is 23.7 Å². The Hall–Kier alpha value is -3.36. The molecular formula is C19H14F4N2O3. The molecule has 3 rings (SSSR count). The quantitative estimate of drug-likeness (QED) is 0.621.